The lowest BCUT2D eigenvalue weighted by molar-refractivity contribution is 0.320. The van der Waals surface area contributed by atoms with Crippen molar-refractivity contribution in [2.45, 2.75) is 6.42 Å². The first-order valence-electron chi connectivity index (χ1n) is 5.75. The third-order valence-electron chi connectivity index (χ3n) is 2.66. The van der Waals surface area contributed by atoms with Gasteiger partial charge in [-0.1, -0.05) is 6.07 Å². The van der Waals surface area contributed by atoms with Crippen LogP contribution in [0, 0.1) is 0 Å². The topological polar surface area (TPSA) is 33.7 Å². The fourth-order valence-corrected chi connectivity index (χ4v) is 1.71. The van der Waals surface area contributed by atoms with Crippen LogP contribution in [-0.4, -0.2) is 46.4 Å². The summed E-state index contributed by atoms with van der Waals surface area (Å²) in [5, 5.41) is 3.13. The molecule has 0 bridgehead atoms. The number of nitrogens with zero attached hydrogens (tertiary/aromatic N) is 1. The van der Waals surface area contributed by atoms with E-state index < -0.39 is 0 Å². The maximum absolute atomic E-state index is 5.28. The zero-order valence-electron chi connectivity index (χ0n) is 11.1. The Morgan fingerprint density at radius 2 is 1.88 bits per heavy atom. The van der Waals surface area contributed by atoms with Crippen molar-refractivity contribution in [3.63, 3.8) is 0 Å². The van der Waals surface area contributed by atoms with Crippen LogP contribution >= 0.6 is 0 Å². The van der Waals surface area contributed by atoms with Crippen LogP contribution in [0.1, 0.15) is 5.56 Å². The van der Waals surface area contributed by atoms with Crippen LogP contribution in [0.25, 0.3) is 0 Å². The van der Waals surface area contributed by atoms with E-state index >= 15 is 0 Å². The lowest BCUT2D eigenvalue weighted by Crippen LogP contribution is -2.30. The van der Waals surface area contributed by atoms with Crippen molar-refractivity contribution in [3.8, 4) is 11.5 Å². The molecule has 0 radical (unpaired) electrons. The summed E-state index contributed by atoms with van der Waals surface area (Å²) >= 11 is 0. The summed E-state index contributed by atoms with van der Waals surface area (Å²) in [5.74, 6) is 1.57. The number of hydrogen-bond donors (Lipinski definition) is 1. The van der Waals surface area contributed by atoms with E-state index in [0.29, 0.717) is 0 Å². The number of likely N-dealkylation sites (N-methyl/N-ethyl adjacent to an activating group) is 1. The summed E-state index contributed by atoms with van der Waals surface area (Å²) < 4.78 is 10.5. The van der Waals surface area contributed by atoms with E-state index in [0.717, 1.165) is 31.1 Å². The van der Waals surface area contributed by atoms with Crippen LogP contribution in [0.15, 0.2) is 18.2 Å². The molecule has 1 rings (SSSR count). The normalized spacial score (nSPS) is 10.6. The standard InChI is InChI=1S/C13H22N2O2/c1-14-10-15(2)8-7-11-5-6-12(16-3)13(9-11)17-4/h5-6,9,14H,7-8,10H2,1-4H3. The Balaban J connectivity index is 2.60. The van der Waals surface area contributed by atoms with Crippen LogP contribution < -0.4 is 14.8 Å². The van der Waals surface area contributed by atoms with Gasteiger partial charge in [-0.25, -0.2) is 0 Å². The maximum atomic E-state index is 5.28. The summed E-state index contributed by atoms with van der Waals surface area (Å²) in [6.07, 6.45) is 0.999. The highest BCUT2D eigenvalue weighted by atomic mass is 16.5. The Labute approximate surface area is 104 Å². The fourth-order valence-electron chi connectivity index (χ4n) is 1.71. The number of nitrogens with one attached hydrogen (secondary N) is 1. The zero-order chi connectivity index (χ0) is 12.7. The van der Waals surface area contributed by atoms with Crippen LogP contribution in [0.3, 0.4) is 0 Å². The Kier molecular flexibility index (Phi) is 5.80. The molecule has 0 saturated heterocycles. The quantitative estimate of drug-likeness (QED) is 0.727. The molecule has 1 N–H and O–H groups in total. The van der Waals surface area contributed by atoms with E-state index in [4.69, 9.17) is 9.47 Å². The van der Waals surface area contributed by atoms with Gasteiger partial charge in [-0.05, 0) is 38.2 Å². The van der Waals surface area contributed by atoms with E-state index in [1.807, 2.05) is 19.2 Å². The maximum Gasteiger partial charge on any atom is 0.160 e. The molecule has 0 aliphatic heterocycles. The largest absolute Gasteiger partial charge is 0.493 e. The van der Waals surface area contributed by atoms with E-state index in [2.05, 4.69) is 23.3 Å². The highest BCUT2D eigenvalue weighted by Crippen LogP contribution is 2.27. The van der Waals surface area contributed by atoms with E-state index in [9.17, 15) is 0 Å². The first-order chi connectivity index (χ1) is 8.21. The summed E-state index contributed by atoms with van der Waals surface area (Å²) in [5.41, 5.74) is 1.26. The second kappa shape index (κ2) is 7.14. The molecule has 1 aromatic carbocycles. The molecule has 0 atom stereocenters. The Morgan fingerprint density at radius 3 is 2.47 bits per heavy atom. The van der Waals surface area contributed by atoms with E-state index in [-0.39, 0.29) is 0 Å². The van der Waals surface area contributed by atoms with Gasteiger partial charge in [0.25, 0.3) is 0 Å². The molecule has 0 unspecified atom stereocenters. The first kappa shape index (κ1) is 13.8. The van der Waals surface area contributed by atoms with Gasteiger partial charge in [0.05, 0.1) is 14.2 Å². The van der Waals surface area contributed by atoms with Gasteiger partial charge in [-0.15, -0.1) is 0 Å². The van der Waals surface area contributed by atoms with Crippen LogP contribution in [0.4, 0.5) is 0 Å². The van der Waals surface area contributed by atoms with Gasteiger partial charge in [0, 0.05) is 13.2 Å². The van der Waals surface area contributed by atoms with E-state index in [1.54, 1.807) is 14.2 Å². The minimum absolute atomic E-state index is 0.778. The second-order valence-electron chi connectivity index (χ2n) is 4.03. The first-order valence-corrected chi connectivity index (χ1v) is 5.75. The van der Waals surface area contributed by atoms with Crippen LogP contribution in [0.2, 0.25) is 0 Å². The molecule has 0 aromatic heterocycles. The number of hydrogen-bond acceptors (Lipinski definition) is 4. The lowest BCUT2D eigenvalue weighted by Gasteiger charge is -2.16. The van der Waals surface area contributed by atoms with Gasteiger partial charge in [-0.3, -0.25) is 4.90 Å². The molecule has 0 amide bonds. The minimum atomic E-state index is 0.778. The predicted molar refractivity (Wildman–Crippen MR) is 69.8 cm³/mol. The van der Waals surface area contributed by atoms with Gasteiger partial charge < -0.3 is 14.8 Å². The Morgan fingerprint density at radius 1 is 1.18 bits per heavy atom. The molecule has 0 fully saturated rings. The van der Waals surface area contributed by atoms with Crippen LogP contribution in [-0.2, 0) is 6.42 Å². The molecule has 0 aliphatic rings. The van der Waals surface area contributed by atoms with Crippen molar-refractivity contribution >= 4 is 0 Å². The molecule has 0 spiro atoms. The molecular weight excluding hydrogens is 216 g/mol. The smallest absolute Gasteiger partial charge is 0.160 e. The average Bonchev–Trinajstić information content (AvgIpc) is 2.36. The van der Waals surface area contributed by atoms with Crippen molar-refractivity contribution in [1.82, 2.24) is 10.2 Å². The summed E-state index contributed by atoms with van der Waals surface area (Å²) in [6, 6.07) is 6.06. The molecule has 0 heterocycles. The molecule has 4 nitrogen and oxygen atoms in total. The zero-order valence-corrected chi connectivity index (χ0v) is 11.1. The Bertz CT molecular complexity index is 342. The highest BCUT2D eigenvalue weighted by Gasteiger charge is 2.05. The van der Waals surface area contributed by atoms with Crippen molar-refractivity contribution in [2.24, 2.45) is 0 Å². The van der Waals surface area contributed by atoms with Crippen molar-refractivity contribution in [2.75, 3.05) is 41.5 Å². The molecule has 17 heavy (non-hydrogen) atoms. The lowest BCUT2D eigenvalue weighted by atomic mass is 10.1. The number of benzene rings is 1. The third-order valence-corrected chi connectivity index (χ3v) is 2.66. The average molecular weight is 238 g/mol. The predicted octanol–water partition coefficient (Wildman–Crippen LogP) is 1.35. The van der Waals surface area contributed by atoms with Crippen molar-refractivity contribution < 1.29 is 9.47 Å². The summed E-state index contributed by atoms with van der Waals surface area (Å²) in [6.45, 7) is 1.91. The van der Waals surface area contributed by atoms with Crippen molar-refractivity contribution in [1.29, 1.82) is 0 Å². The SMILES string of the molecule is CNCN(C)CCc1ccc(OC)c(OC)c1. The minimum Gasteiger partial charge on any atom is -0.493 e. The monoisotopic (exact) mass is 238 g/mol. The number of methoxy groups -OCH3 is 2. The van der Waals surface area contributed by atoms with Gasteiger partial charge in [0.1, 0.15) is 0 Å². The molecule has 4 heteroatoms. The van der Waals surface area contributed by atoms with E-state index in [1.165, 1.54) is 5.56 Å². The molecule has 0 aliphatic carbocycles. The molecule has 1 aromatic rings. The Hall–Kier alpha value is -1.26. The second-order valence-corrected chi connectivity index (χ2v) is 4.03. The van der Waals surface area contributed by atoms with Gasteiger partial charge in [0.2, 0.25) is 0 Å². The fraction of sp³-hybridized carbons (Fsp3) is 0.538. The summed E-state index contributed by atoms with van der Waals surface area (Å²) in [7, 11) is 7.36. The molecule has 0 saturated carbocycles. The van der Waals surface area contributed by atoms with Gasteiger partial charge in [-0.2, -0.15) is 0 Å². The highest BCUT2D eigenvalue weighted by molar-refractivity contribution is 5.42. The molecular formula is C13H22N2O2. The van der Waals surface area contributed by atoms with Gasteiger partial charge >= 0.3 is 0 Å². The summed E-state index contributed by atoms with van der Waals surface area (Å²) in [4.78, 5) is 2.23. The van der Waals surface area contributed by atoms with Crippen molar-refractivity contribution in [3.05, 3.63) is 23.8 Å². The number of ether oxygens (including phenoxy) is 2. The molecule has 96 valence electrons. The van der Waals surface area contributed by atoms with Gasteiger partial charge in [0.15, 0.2) is 11.5 Å². The van der Waals surface area contributed by atoms with Crippen LogP contribution in [0.5, 0.6) is 11.5 Å². The third kappa shape index (κ3) is 4.24. The number of rotatable bonds is 7.